The molecule has 4 heterocycles. The van der Waals surface area contributed by atoms with Crippen LogP contribution < -0.4 is 9.64 Å². The summed E-state index contributed by atoms with van der Waals surface area (Å²) in [6.07, 6.45) is 3.09. The van der Waals surface area contributed by atoms with Gasteiger partial charge in [0.1, 0.15) is 5.75 Å². The lowest BCUT2D eigenvalue weighted by molar-refractivity contribution is 0.0726. The number of β-amino-alcohol motifs (C(OH)–C–C–N with tert-alkyl or cyclic N) is 1. The zero-order valence-corrected chi connectivity index (χ0v) is 19.7. The summed E-state index contributed by atoms with van der Waals surface area (Å²) in [4.78, 5) is 7.35. The number of hydrogen-bond acceptors (Lipinski definition) is 7. The number of piperidine rings is 1. The number of anilines is 1. The number of ether oxygens (including phenoxy) is 1. The topological polar surface area (TPSA) is 65.2 Å². The lowest BCUT2D eigenvalue weighted by atomic mass is 9.91. The minimum Gasteiger partial charge on any atom is -0.493 e. The molecule has 34 heavy (non-hydrogen) atoms. The van der Waals surface area contributed by atoms with Crippen molar-refractivity contribution in [3.05, 3.63) is 54.1 Å². The van der Waals surface area contributed by atoms with Crippen LogP contribution in [0.1, 0.15) is 24.8 Å². The van der Waals surface area contributed by atoms with Crippen LogP contribution >= 0.6 is 0 Å². The zero-order chi connectivity index (χ0) is 22.9. The highest BCUT2D eigenvalue weighted by Crippen LogP contribution is 2.31. The SMILES string of the molecule is O[C@H]1CCN(Cc2cccc(OCC3CCC4CN(c5noc6ccccc56)CCN4C3)c2)C1. The second-order valence-corrected chi connectivity index (χ2v) is 10.2. The molecule has 0 spiro atoms. The van der Waals surface area contributed by atoms with Crippen LogP contribution in [-0.4, -0.2) is 78.1 Å². The van der Waals surface area contributed by atoms with Gasteiger partial charge in [0.25, 0.3) is 0 Å². The van der Waals surface area contributed by atoms with Crippen LogP contribution in [0.15, 0.2) is 53.1 Å². The Kier molecular flexibility index (Phi) is 6.16. The van der Waals surface area contributed by atoms with Crippen molar-refractivity contribution in [1.82, 2.24) is 15.0 Å². The number of hydrogen-bond donors (Lipinski definition) is 1. The molecule has 3 aliphatic heterocycles. The first kappa shape index (κ1) is 21.9. The number of aliphatic hydroxyl groups excluding tert-OH is 1. The first-order valence-electron chi connectivity index (χ1n) is 12.7. The van der Waals surface area contributed by atoms with Crippen LogP contribution in [0.2, 0.25) is 0 Å². The van der Waals surface area contributed by atoms with Crippen molar-refractivity contribution < 1.29 is 14.4 Å². The van der Waals surface area contributed by atoms with Gasteiger partial charge >= 0.3 is 0 Å². The van der Waals surface area contributed by atoms with Crippen LogP contribution in [0, 0.1) is 5.92 Å². The van der Waals surface area contributed by atoms with E-state index in [1.807, 2.05) is 12.1 Å². The van der Waals surface area contributed by atoms with Crippen LogP contribution in [0.3, 0.4) is 0 Å². The maximum Gasteiger partial charge on any atom is 0.180 e. The van der Waals surface area contributed by atoms with Crippen molar-refractivity contribution in [2.24, 2.45) is 5.92 Å². The van der Waals surface area contributed by atoms with Crippen LogP contribution in [0.25, 0.3) is 11.0 Å². The van der Waals surface area contributed by atoms with E-state index in [9.17, 15) is 5.11 Å². The lowest BCUT2D eigenvalue weighted by Crippen LogP contribution is -2.57. The van der Waals surface area contributed by atoms with Crippen molar-refractivity contribution in [3.63, 3.8) is 0 Å². The number of rotatable bonds is 6. The first-order valence-corrected chi connectivity index (χ1v) is 12.7. The summed E-state index contributed by atoms with van der Waals surface area (Å²) >= 11 is 0. The molecule has 3 saturated heterocycles. The predicted molar refractivity (Wildman–Crippen MR) is 132 cm³/mol. The summed E-state index contributed by atoms with van der Waals surface area (Å²) in [7, 11) is 0. The van der Waals surface area contributed by atoms with Crippen molar-refractivity contribution in [1.29, 1.82) is 0 Å². The largest absolute Gasteiger partial charge is 0.493 e. The molecule has 1 aromatic heterocycles. The van der Waals surface area contributed by atoms with Gasteiger partial charge in [0.2, 0.25) is 0 Å². The molecule has 7 heteroatoms. The smallest absolute Gasteiger partial charge is 0.180 e. The van der Waals surface area contributed by atoms with E-state index >= 15 is 0 Å². The standard InChI is InChI=1S/C27H34N4O3/c32-23-10-11-29(18-23)15-20-4-3-5-24(14-20)33-19-21-8-9-22-17-31(13-12-30(22)16-21)27-25-6-1-2-7-26(25)34-28-27/h1-7,14,21-23,32H,8-13,15-19H2/t21?,22?,23-/m0/s1. The molecule has 7 nitrogen and oxygen atoms in total. The summed E-state index contributed by atoms with van der Waals surface area (Å²) in [5.41, 5.74) is 2.12. The molecule has 6 rings (SSSR count). The molecule has 2 aromatic carbocycles. The van der Waals surface area contributed by atoms with E-state index in [4.69, 9.17) is 9.26 Å². The van der Waals surface area contributed by atoms with Gasteiger partial charge in [-0.1, -0.05) is 29.4 Å². The average molecular weight is 463 g/mol. The quantitative estimate of drug-likeness (QED) is 0.603. The van der Waals surface area contributed by atoms with Gasteiger partial charge in [0.15, 0.2) is 11.4 Å². The summed E-state index contributed by atoms with van der Waals surface area (Å²) in [6.45, 7) is 7.54. The van der Waals surface area contributed by atoms with Gasteiger partial charge < -0.3 is 19.3 Å². The second-order valence-electron chi connectivity index (χ2n) is 10.2. The zero-order valence-electron chi connectivity index (χ0n) is 19.7. The second kappa shape index (κ2) is 9.56. The van der Waals surface area contributed by atoms with Crippen molar-refractivity contribution in [2.45, 2.75) is 38.0 Å². The van der Waals surface area contributed by atoms with E-state index in [1.54, 1.807) is 0 Å². The number of piperazine rings is 1. The maximum atomic E-state index is 9.77. The molecule has 0 aliphatic carbocycles. The van der Waals surface area contributed by atoms with Gasteiger partial charge in [0, 0.05) is 57.8 Å². The number of fused-ring (bicyclic) bond motifs is 2. The molecule has 3 aromatic rings. The molecular weight excluding hydrogens is 428 g/mol. The van der Waals surface area contributed by atoms with Gasteiger partial charge in [0.05, 0.1) is 18.1 Å². The molecule has 3 fully saturated rings. The van der Waals surface area contributed by atoms with Crippen molar-refractivity contribution in [2.75, 3.05) is 50.8 Å². The van der Waals surface area contributed by atoms with E-state index in [2.05, 4.69) is 56.3 Å². The Morgan fingerprint density at radius 2 is 1.91 bits per heavy atom. The average Bonchev–Trinajstić information content (AvgIpc) is 3.48. The Labute approximate surface area is 200 Å². The number of para-hydroxylation sites is 1. The Balaban J connectivity index is 1.01. The molecule has 0 amide bonds. The third-order valence-corrected chi connectivity index (χ3v) is 7.70. The molecule has 3 aliphatic rings. The van der Waals surface area contributed by atoms with E-state index in [0.29, 0.717) is 12.0 Å². The normalized spacial score (nSPS) is 26.1. The highest BCUT2D eigenvalue weighted by Gasteiger charge is 2.34. The molecule has 3 atom stereocenters. The van der Waals surface area contributed by atoms with Crippen LogP contribution in [0.4, 0.5) is 5.82 Å². The minimum absolute atomic E-state index is 0.174. The molecular formula is C27H34N4O3. The van der Waals surface area contributed by atoms with Gasteiger partial charge in [-0.25, -0.2) is 0 Å². The number of aromatic nitrogens is 1. The Morgan fingerprint density at radius 1 is 0.971 bits per heavy atom. The predicted octanol–water partition coefficient (Wildman–Crippen LogP) is 3.37. The maximum absolute atomic E-state index is 9.77. The minimum atomic E-state index is -0.174. The molecule has 2 unspecified atom stereocenters. The fourth-order valence-electron chi connectivity index (χ4n) is 5.85. The Bertz CT molecular complexity index is 1120. The van der Waals surface area contributed by atoms with E-state index < -0.39 is 0 Å². The summed E-state index contributed by atoms with van der Waals surface area (Å²) in [6, 6.07) is 17.2. The summed E-state index contributed by atoms with van der Waals surface area (Å²) in [5.74, 6) is 2.51. The fraction of sp³-hybridized carbons (Fsp3) is 0.519. The van der Waals surface area contributed by atoms with E-state index in [-0.39, 0.29) is 6.10 Å². The van der Waals surface area contributed by atoms with Crippen LogP contribution in [-0.2, 0) is 6.54 Å². The number of nitrogens with zero attached hydrogens (tertiary/aromatic N) is 4. The number of benzene rings is 2. The number of aliphatic hydroxyl groups is 1. The van der Waals surface area contributed by atoms with Crippen LogP contribution in [0.5, 0.6) is 5.75 Å². The molecule has 0 bridgehead atoms. The van der Waals surface area contributed by atoms with Gasteiger partial charge in [-0.05, 0) is 49.1 Å². The third-order valence-electron chi connectivity index (χ3n) is 7.70. The van der Waals surface area contributed by atoms with Gasteiger partial charge in [-0.2, -0.15) is 0 Å². The lowest BCUT2D eigenvalue weighted by Gasteiger charge is -2.46. The van der Waals surface area contributed by atoms with Crippen molar-refractivity contribution >= 4 is 16.8 Å². The van der Waals surface area contributed by atoms with Crippen molar-refractivity contribution in [3.8, 4) is 5.75 Å². The summed E-state index contributed by atoms with van der Waals surface area (Å²) < 4.78 is 11.8. The van der Waals surface area contributed by atoms with E-state index in [1.165, 1.54) is 18.4 Å². The van der Waals surface area contributed by atoms with Gasteiger partial charge in [-0.3, -0.25) is 9.80 Å². The molecule has 0 saturated carbocycles. The molecule has 1 N–H and O–H groups in total. The molecule has 180 valence electrons. The highest BCUT2D eigenvalue weighted by atomic mass is 16.5. The molecule has 0 radical (unpaired) electrons. The summed E-state index contributed by atoms with van der Waals surface area (Å²) in [5, 5.41) is 15.3. The fourth-order valence-corrected chi connectivity index (χ4v) is 5.85. The Hall–Kier alpha value is -2.61. The Morgan fingerprint density at radius 3 is 2.82 bits per heavy atom. The monoisotopic (exact) mass is 462 g/mol. The first-order chi connectivity index (χ1) is 16.7. The number of likely N-dealkylation sites (tertiary alicyclic amines) is 1. The highest BCUT2D eigenvalue weighted by molar-refractivity contribution is 5.88. The van der Waals surface area contributed by atoms with E-state index in [0.717, 1.165) is 81.4 Å². The third kappa shape index (κ3) is 4.65. The van der Waals surface area contributed by atoms with Gasteiger partial charge in [-0.15, -0.1) is 0 Å².